The van der Waals surface area contributed by atoms with Crippen LogP contribution in [-0.2, 0) is 0 Å². The van der Waals surface area contributed by atoms with Gasteiger partial charge in [-0.25, -0.2) is 4.98 Å². The summed E-state index contributed by atoms with van der Waals surface area (Å²) in [4.78, 5) is 6.27. The number of pyridine rings is 1. The molecule has 19 heavy (non-hydrogen) atoms. The smallest absolute Gasteiger partial charge is 0.142 e. The van der Waals surface area contributed by atoms with Crippen LogP contribution in [0.5, 0.6) is 0 Å². The van der Waals surface area contributed by atoms with Gasteiger partial charge in [-0.15, -0.1) is 0 Å². The summed E-state index contributed by atoms with van der Waals surface area (Å²) in [5, 5.41) is 12.0. The van der Waals surface area contributed by atoms with Crippen molar-refractivity contribution < 1.29 is 0 Å². The number of benzene rings is 1. The van der Waals surface area contributed by atoms with E-state index in [1.807, 2.05) is 38.4 Å². The van der Waals surface area contributed by atoms with Gasteiger partial charge in [0.15, 0.2) is 0 Å². The predicted octanol–water partition coefficient (Wildman–Crippen LogP) is 3.07. The molecule has 1 aromatic heterocycles. The average molecular weight is 252 g/mol. The largest absolute Gasteiger partial charge is 0.377 e. The lowest BCUT2D eigenvalue weighted by molar-refractivity contribution is 1.11. The van der Waals surface area contributed by atoms with Crippen molar-refractivity contribution in [1.82, 2.24) is 4.98 Å². The van der Waals surface area contributed by atoms with Crippen LogP contribution >= 0.6 is 0 Å². The standard InChI is InChI=1S/C15H16N4/c1-11-7-8-12(9-14(11)19(2)3)17-15-6-4-5-13(10-16)18-15/h4-9H,1-3H3,(H,17,18). The Morgan fingerprint density at radius 2 is 2.00 bits per heavy atom. The highest BCUT2D eigenvalue weighted by atomic mass is 15.1. The maximum absolute atomic E-state index is 8.83. The number of rotatable bonds is 3. The summed E-state index contributed by atoms with van der Waals surface area (Å²) in [6.45, 7) is 2.08. The maximum atomic E-state index is 8.83. The van der Waals surface area contributed by atoms with E-state index >= 15 is 0 Å². The van der Waals surface area contributed by atoms with Gasteiger partial charge in [0.25, 0.3) is 0 Å². The van der Waals surface area contributed by atoms with Gasteiger partial charge in [0.2, 0.25) is 0 Å². The van der Waals surface area contributed by atoms with Crippen LogP contribution in [0.1, 0.15) is 11.3 Å². The van der Waals surface area contributed by atoms with Gasteiger partial charge >= 0.3 is 0 Å². The SMILES string of the molecule is Cc1ccc(Nc2cccc(C#N)n2)cc1N(C)C. The van der Waals surface area contributed by atoms with Gasteiger partial charge < -0.3 is 10.2 Å². The van der Waals surface area contributed by atoms with Gasteiger partial charge in [0.05, 0.1) is 0 Å². The molecule has 1 N–H and O–H groups in total. The summed E-state index contributed by atoms with van der Waals surface area (Å²) in [7, 11) is 4.03. The Morgan fingerprint density at radius 3 is 2.68 bits per heavy atom. The summed E-state index contributed by atoms with van der Waals surface area (Å²) >= 11 is 0. The predicted molar refractivity (Wildman–Crippen MR) is 77.7 cm³/mol. The van der Waals surface area contributed by atoms with E-state index in [1.165, 1.54) is 5.56 Å². The lowest BCUT2D eigenvalue weighted by Gasteiger charge is -2.17. The molecule has 1 heterocycles. The molecule has 0 radical (unpaired) electrons. The molecule has 96 valence electrons. The number of hydrogen-bond acceptors (Lipinski definition) is 4. The van der Waals surface area contributed by atoms with E-state index in [0.717, 1.165) is 11.4 Å². The summed E-state index contributed by atoms with van der Waals surface area (Å²) in [6, 6.07) is 13.5. The van der Waals surface area contributed by atoms with Crippen molar-refractivity contribution in [1.29, 1.82) is 5.26 Å². The van der Waals surface area contributed by atoms with E-state index in [0.29, 0.717) is 11.5 Å². The molecule has 0 saturated carbocycles. The van der Waals surface area contributed by atoms with Crippen molar-refractivity contribution in [3.63, 3.8) is 0 Å². The second-order valence-corrected chi connectivity index (χ2v) is 4.54. The minimum Gasteiger partial charge on any atom is -0.377 e. The molecule has 1 aromatic carbocycles. The fourth-order valence-corrected chi connectivity index (χ4v) is 1.88. The Balaban J connectivity index is 2.28. The first kappa shape index (κ1) is 12.9. The van der Waals surface area contributed by atoms with Crippen molar-refractivity contribution in [2.75, 3.05) is 24.3 Å². The van der Waals surface area contributed by atoms with Crippen LogP contribution in [-0.4, -0.2) is 19.1 Å². The van der Waals surface area contributed by atoms with Crippen LogP contribution in [0.3, 0.4) is 0 Å². The first-order valence-corrected chi connectivity index (χ1v) is 6.02. The zero-order valence-corrected chi connectivity index (χ0v) is 11.3. The molecule has 0 aliphatic rings. The van der Waals surface area contributed by atoms with Crippen LogP contribution in [0, 0.1) is 18.3 Å². The van der Waals surface area contributed by atoms with Crippen LogP contribution in [0.4, 0.5) is 17.2 Å². The number of nitriles is 1. The van der Waals surface area contributed by atoms with Crippen molar-refractivity contribution in [2.24, 2.45) is 0 Å². The molecule has 0 saturated heterocycles. The van der Waals surface area contributed by atoms with Crippen LogP contribution in [0.2, 0.25) is 0 Å². The molecule has 0 bridgehead atoms. The quantitative estimate of drug-likeness (QED) is 0.912. The first-order chi connectivity index (χ1) is 9.10. The molecule has 0 aliphatic carbocycles. The second-order valence-electron chi connectivity index (χ2n) is 4.54. The van der Waals surface area contributed by atoms with Crippen molar-refractivity contribution >= 4 is 17.2 Å². The van der Waals surface area contributed by atoms with E-state index < -0.39 is 0 Å². The minimum absolute atomic E-state index is 0.407. The Hall–Kier alpha value is -2.54. The van der Waals surface area contributed by atoms with E-state index in [4.69, 9.17) is 5.26 Å². The fraction of sp³-hybridized carbons (Fsp3) is 0.200. The number of nitrogens with one attached hydrogen (secondary N) is 1. The Bertz CT molecular complexity index is 626. The highest BCUT2D eigenvalue weighted by Gasteiger charge is 2.03. The third kappa shape index (κ3) is 3.02. The van der Waals surface area contributed by atoms with E-state index in [2.05, 4.69) is 34.3 Å². The lowest BCUT2D eigenvalue weighted by atomic mass is 10.1. The maximum Gasteiger partial charge on any atom is 0.142 e. The Morgan fingerprint density at radius 1 is 1.21 bits per heavy atom. The highest BCUT2D eigenvalue weighted by molar-refractivity contribution is 5.66. The molecule has 4 heteroatoms. The van der Waals surface area contributed by atoms with Crippen molar-refractivity contribution in [2.45, 2.75) is 6.92 Å². The molecule has 0 spiro atoms. The van der Waals surface area contributed by atoms with Gasteiger partial charge in [-0.05, 0) is 36.8 Å². The van der Waals surface area contributed by atoms with Gasteiger partial charge in [0.1, 0.15) is 17.6 Å². The van der Waals surface area contributed by atoms with E-state index in [1.54, 1.807) is 6.07 Å². The third-order valence-electron chi connectivity index (χ3n) is 2.83. The lowest BCUT2D eigenvalue weighted by Crippen LogP contribution is -2.10. The fourth-order valence-electron chi connectivity index (χ4n) is 1.88. The molecule has 4 nitrogen and oxygen atoms in total. The zero-order valence-electron chi connectivity index (χ0n) is 11.3. The number of anilines is 3. The normalized spacial score (nSPS) is 9.79. The molecule has 0 atom stereocenters. The Kier molecular flexibility index (Phi) is 3.67. The first-order valence-electron chi connectivity index (χ1n) is 6.02. The molecule has 0 amide bonds. The Labute approximate surface area is 113 Å². The van der Waals surface area contributed by atoms with Crippen LogP contribution in [0.25, 0.3) is 0 Å². The molecule has 0 fully saturated rings. The van der Waals surface area contributed by atoms with Crippen LogP contribution < -0.4 is 10.2 Å². The summed E-state index contributed by atoms with van der Waals surface area (Å²) in [6.07, 6.45) is 0. The molecule has 0 aliphatic heterocycles. The third-order valence-corrected chi connectivity index (χ3v) is 2.83. The van der Waals surface area contributed by atoms with Crippen LogP contribution in [0.15, 0.2) is 36.4 Å². The molecular formula is C15H16N4. The van der Waals surface area contributed by atoms with Crippen molar-refractivity contribution in [3.8, 4) is 6.07 Å². The van der Waals surface area contributed by atoms with Gasteiger partial charge in [-0.3, -0.25) is 0 Å². The van der Waals surface area contributed by atoms with E-state index in [9.17, 15) is 0 Å². The number of hydrogen-bond donors (Lipinski definition) is 1. The highest BCUT2D eigenvalue weighted by Crippen LogP contribution is 2.24. The number of aryl methyl sites for hydroxylation is 1. The molecule has 0 unspecified atom stereocenters. The molecular weight excluding hydrogens is 236 g/mol. The summed E-state index contributed by atoms with van der Waals surface area (Å²) in [5.74, 6) is 0.674. The van der Waals surface area contributed by atoms with Gasteiger partial charge in [-0.2, -0.15) is 5.26 Å². The zero-order chi connectivity index (χ0) is 13.8. The number of aromatic nitrogens is 1. The summed E-state index contributed by atoms with van der Waals surface area (Å²) < 4.78 is 0. The van der Waals surface area contributed by atoms with Gasteiger partial charge in [0, 0.05) is 25.5 Å². The molecule has 2 aromatic rings. The van der Waals surface area contributed by atoms with Gasteiger partial charge in [-0.1, -0.05) is 12.1 Å². The average Bonchev–Trinajstić information content (AvgIpc) is 2.41. The minimum atomic E-state index is 0.407. The topological polar surface area (TPSA) is 52.0 Å². The summed E-state index contributed by atoms with van der Waals surface area (Å²) in [5.41, 5.74) is 3.73. The van der Waals surface area contributed by atoms with Crippen molar-refractivity contribution in [3.05, 3.63) is 47.7 Å². The second kappa shape index (κ2) is 5.40. The monoisotopic (exact) mass is 252 g/mol. The molecule has 2 rings (SSSR count). The van der Waals surface area contributed by atoms with E-state index in [-0.39, 0.29) is 0 Å². The number of nitrogens with zero attached hydrogens (tertiary/aromatic N) is 3.